The van der Waals surface area contributed by atoms with Crippen LogP contribution in [0.1, 0.15) is 62.6 Å². The molecule has 2 heterocycles. The van der Waals surface area contributed by atoms with E-state index in [-0.39, 0.29) is 17.0 Å². The molecule has 0 aromatic heterocycles. The van der Waals surface area contributed by atoms with Crippen LogP contribution in [0.4, 0.5) is 5.69 Å². The Labute approximate surface area is 264 Å². The van der Waals surface area contributed by atoms with E-state index in [1.165, 1.54) is 30.2 Å². The first kappa shape index (κ1) is 31.7. The number of nitrogens with zero attached hydrogens (tertiary/aromatic N) is 3. The van der Waals surface area contributed by atoms with Gasteiger partial charge in [-0.15, -0.1) is 0 Å². The monoisotopic (exact) mass is 607 g/mol. The number of rotatable bonds is 11. The third-order valence-corrected chi connectivity index (χ3v) is 9.15. The molecule has 0 spiro atoms. The topological polar surface area (TPSA) is 108 Å². The van der Waals surface area contributed by atoms with Crippen LogP contribution in [0.15, 0.2) is 108 Å². The summed E-state index contributed by atoms with van der Waals surface area (Å²) in [5, 5.41) is 17.6. The highest BCUT2D eigenvalue weighted by Gasteiger charge is 2.38. The Morgan fingerprint density at radius 1 is 0.978 bits per heavy atom. The summed E-state index contributed by atoms with van der Waals surface area (Å²) in [4.78, 5) is 39.9. The van der Waals surface area contributed by atoms with Crippen molar-refractivity contribution in [1.82, 2.24) is 20.4 Å². The van der Waals surface area contributed by atoms with Crippen molar-refractivity contribution in [2.45, 2.75) is 51.4 Å². The van der Waals surface area contributed by atoms with Crippen LogP contribution in [0.25, 0.3) is 0 Å². The highest BCUT2D eigenvalue weighted by molar-refractivity contribution is 5.76. The van der Waals surface area contributed by atoms with Crippen molar-refractivity contribution in [1.29, 1.82) is 0 Å². The third-order valence-electron chi connectivity index (χ3n) is 9.15. The lowest BCUT2D eigenvalue weighted by Gasteiger charge is -2.43. The van der Waals surface area contributed by atoms with Gasteiger partial charge in [0.1, 0.15) is 0 Å². The minimum absolute atomic E-state index is 0.0194. The lowest BCUT2D eigenvalue weighted by Crippen LogP contribution is -2.44. The van der Waals surface area contributed by atoms with Gasteiger partial charge in [-0.1, -0.05) is 72.8 Å². The number of amides is 2. The van der Waals surface area contributed by atoms with Gasteiger partial charge in [0, 0.05) is 42.4 Å². The first-order chi connectivity index (χ1) is 21.7. The second kappa shape index (κ2) is 13.9. The average Bonchev–Trinajstić information content (AvgIpc) is 3.05. The molecule has 45 heavy (non-hydrogen) atoms. The van der Waals surface area contributed by atoms with E-state index in [2.05, 4.69) is 76.2 Å². The van der Waals surface area contributed by atoms with E-state index in [0.717, 1.165) is 68.0 Å². The summed E-state index contributed by atoms with van der Waals surface area (Å²) in [5.74, 6) is -0.713. The number of benzene rings is 3. The standard InChI is InChI=1S/C36H41N5O4/c1-26-34(38-28(3)43)33(29-15-17-32(18-16-29)41(44)45)35(27(2)37-26)40(25-42)22-10-21-39-23-19-36(20-24-39,30-11-6-4-7-12-30)31-13-8-5-9-14-31/h4-9,11-18,25,33,37H,10,19-24H2,1-3H3,(H,38,43). The number of carbonyl (C=O) groups excluding carboxylic acids is 2. The van der Waals surface area contributed by atoms with Crippen LogP contribution < -0.4 is 10.6 Å². The molecule has 2 amide bonds. The Bertz CT molecular complexity index is 1540. The minimum Gasteiger partial charge on any atom is -0.360 e. The predicted octanol–water partition coefficient (Wildman–Crippen LogP) is 5.81. The lowest BCUT2D eigenvalue weighted by atomic mass is 9.68. The molecular formula is C36H41N5O4. The highest BCUT2D eigenvalue weighted by atomic mass is 16.6. The molecule has 0 radical (unpaired) electrons. The van der Waals surface area contributed by atoms with Gasteiger partial charge in [0.2, 0.25) is 12.3 Å². The molecule has 5 rings (SSSR count). The number of carbonyl (C=O) groups is 2. The number of piperidine rings is 1. The van der Waals surface area contributed by atoms with E-state index in [1.54, 1.807) is 17.0 Å². The number of nitro benzene ring substituents is 1. The number of nitrogens with one attached hydrogen (secondary N) is 2. The average molecular weight is 608 g/mol. The number of hydrogen-bond acceptors (Lipinski definition) is 6. The maximum absolute atomic E-state index is 12.6. The Morgan fingerprint density at radius 3 is 2.07 bits per heavy atom. The van der Waals surface area contributed by atoms with Crippen molar-refractivity contribution in [3.8, 4) is 0 Å². The van der Waals surface area contributed by atoms with Crippen LogP contribution in [0.3, 0.4) is 0 Å². The summed E-state index contributed by atoms with van der Waals surface area (Å²) in [7, 11) is 0. The largest absolute Gasteiger partial charge is 0.360 e. The van der Waals surface area contributed by atoms with Crippen molar-refractivity contribution < 1.29 is 14.5 Å². The zero-order valence-corrected chi connectivity index (χ0v) is 26.2. The van der Waals surface area contributed by atoms with Gasteiger partial charge < -0.3 is 20.4 Å². The fraction of sp³-hybridized carbons (Fsp3) is 0.333. The zero-order valence-electron chi connectivity index (χ0n) is 26.2. The molecule has 0 bridgehead atoms. The van der Waals surface area contributed by atoms with Gasteiger partial charge in [0.15, 0.2) is 0 Å². The number of allylic oxidation sites excluding steroid dienone is 2. The van der Waals surface area contributed by atoms with Crippen LogP contribution in [-0.2, 0) is 15.0 Å². The molecule has 9 heteroatoms. The molecule has 0 aliphatic carbocycles. The van der Waals surface area contributed by atoms with Crippen molar-refractivity contribution in [2.24, 2.45) is 0 Å². The molecule has 3 aromatic rings. The molecule has 2 aliphatic heterocycles. The van der Waals surface area contributed by atoms with E-state index in [0.29, 0.717) is 12.2 Å². The molecular weight excluding hydrogens is 566 g/mol. The van der Waals surface area contributed by atoms with Crippen molar-refractivity contribution in [2.75, 3.05) is 26.2 Å². The number of hydrogen-bond donors (Lipinski definition) is 2. The molecule has 1 saturated heterocycles. The highest BCUT2D eigenvalue weighted by Crippen LogP contribution is 2.42. The van der Waals surface area contributed by atoms with Gasteiger partial charge in [0.25, 0.3) is 5.69 Å². The van der Waals surface area contributed by atoms with Gasteiger partial charge in [-0.2, -0.15) is 0 Å². The number of nitro groups is 1. The van der Waals surface area contributed by atoms with Gasteiger partial charge in [-0.05, 0) is 69.4 Å². The predicted molar refractivity (Wildman–Crippen MR) is 175 cm³/mol. The lowest BCUT2D eigenvalue weighted by molar-refractivity contribution is -0.384. The minimum atomic E-state index is -0.478. The van der Waals surface area contributed by atoms with Crippen LogP contribution in [-0.4, -0.2) is 53.2 Å². The Kier molecular flexibility index (Phi) is 9.78. The van der Waals surface area contributed by atoms with Crippen molar-refractivity contribution in [3.05, 3.63) is 135 Å². The molecule has 1 fully saturated rings. The third kappa shape index (κ3) is 6.83. The summed E-state index contributed by atoms with van der Waals surface area (Å²) in [5.41, 5.74) is 6.31. The Morgan fingerprint density at radius 2 is 1.56 bits per heavy atom. The second-order valence-corrected chi connectivity index (χ2v) is 11.9. The Balaban J connectivity index is 1.31. The van der Waals surface area contributed by atoms with E-state index < -0.39 is 10.8 Å². The maximum atomic E-state index is 12.6. The number of non-ortho nitro benzene ring substituents is 1. The van der Waals surface area contributed by atoms with Gasteiger partial charge >= 0.3 is 0 Å². The summed E-state index contributed by atoms with van der Waals surface area (Å²) in [6, 6.07) is 27.9. The van der Waals surface area contributed by atoms with Gasteiger partial charge in [0.05, 0.1) is 22.2 Å². The molecule has 2 N–H and O–H groups in total. The summed E-state index contributed by atoms with van der Waals surface area (Å²) in [6.07, 6.45) is 3.64. The summed E-state index contributed by atoms with van der Waals surface area (Å²) >= 11 is 0. The van der Waals surface area contributed by atoms with Crippen LogP contribution in [0.2, 0.25) is 0 Å². The fourth-order valence-corrected chi connectivity index (χ4v) is 6.94. The molecule has 9 nitrogen and oxygen atoms in total. The fourth-order valence-electron chi connectivity index (χ4n) is 6.94. The second-order valence-electron chi connectivity index (χ2n) is 11.9. The van der Waals surface area contributed by atoms with E-state index in [9.17, 15) is 19.7 Å². The van der Waals surface area contributed by atoms with E-state index in [1.807, 2.05) is 13.8 Å². The van der Waals surface area contributed by atoms with E-state index >= 15 is 0 Å². The molecule has 0 saturated carbocycles. The summed E-state index contributed by atoms with van der Waals surface area (Å²) < 4.78 is 0. The van der Waals surface area contributed by atoms with Gasteiger partial charge in [-0.3, -0.25) is 19.7 Å². The van der Waals surface area contributed by atoms with E-state index in [4.69, 9.17) is 0 Å². The van der Waals surface area contributed by atoms with Crippen LogP contribution >= 0.6 is 0 Å². The molecule has 1 unspecified atom stereocenters. The number of likely N-dealkylation sites (tertiary alicyclic amines) is 1. The quantitative estimate of drug-likeness (QED) is 0.162. The molecule has 2 aliphatic rings. The van der Waals surface area contributed by atoms with Crippen molar-refractivity contribution in [3.63, 3.8) is 0 Å². The zero-order chi connectivity index (χ0) is 32.0. The van der Waals surface area contributed by atoms with Gasteiger partial charge in [-0.25, -0.2) is 0 Å². The van der Waals surface area contributed by atoms with Crippen LogP contribution in [0.5, 0.6) is 0 Å². The van der Waals surface area contributed by atoms with Crippen LogP contribution in [0, 0.1) is 10.1 Å². The maximum Gasteiger partial charge on any atom is 0.269 e. The smallest absolute Gasteiger partial charge is 0.269 e. The normalized spacial score (nSPS) is 18.2. The summed E-state index contributed by atoms with van der Waals surface area (Å²) in [6.45, 7) is 8.47. The molecule has 3 aromatic carbocycles. The Hall–Kier alpha value is -4.76. The first-order valence-electron chi connectivity index (χ1n) is 15.5. The molecule has 234 valence electrons. The SMILES string of the molecule is CC(=O)NC1=C(C)NC(C)=C(N(C=O)CCCN2CCC(c3ccccc3)(c3ccccc3)CC2)C1c1ccc([N+](=O)[O-])cc1. The first-order valence-corrected chi connectivity index (χ1v) is 15.5. The number of dihydropyridines is 1. The molecule has 1 atom stereocenters. The van der Waals surface area contributed by atoms with Crippen molar-refractivity contribution >= 4 is 18.0 Å².